The summed E-state index contributed by atoms with van der Waals surface area (Å²) in [6.45, 7) is 6.59. The molecule has 3 heteroatoms. The first kappa shape index (κ1) is 23.8. The normalized spacial score (nSPS) is 13.4. The average molecular weight is 382 g/mol. The highest BCUT2D eigenvalue weighted by Crippen LogP contribution is 2.24. The van der Waals surface area contributed by atoms with E-state index in [0.717, 1.165) is 6.42 Å². The molecule has 0 aliphatic carbocycles. The van der Waals surface area contributed by atoms with Gasteiger partial charge in [0, 0.05) is 5.00 Å². The second-order valence-electron chi connectivity index (χ2n) is 7.77. The summed E-state index contributed by atoms with van der Waals surface area (Å²) in [6, 6.07) is 0. The van der Waals surface area contributed by atoms with Crippen LogP contribution in [0.1, 0.15) is 110 Å². The van der Waals surface area contributed by atoms with Crippen LogP contribution in [-0.2, 0) is 0 Å². The summed E-state index contributed by atoms with van der Waals surface area (Å²) in [7, 11) is -1.63. The largest absolute Gasteiger partial charge is 0.168 e. The van der Waals surface area contributed by atoms with Crippen LogP contribution < -0.4 is 0 Å². The third-order valence-corrected chi connectivity index (χ3v) is 9.56. The van der Waals surface area contributed by atoms with Crippen LogP contribution in [-0.4, -0.2) is 12.4 Å². The Morgan fingerprint density at radius 2 is 0.913 bits per heavy atom. The Hall–Kier alpha value is 0.797. The van der Waals surface area contributed by atoms with E-state index in [0.29, 0.717) is 0 Å². The molecule has 0 aromatic heterocycles. The molecule has 0 N–H and O–H groups in total. The Labute approximate surface area is 157 Å². The SMILES string of the molecule is CCCCCCCCCCCCCCCCCC(Cl)[Si](C)(C)Cl. The number of hydrogen-bond donors (Lipinski definition) is 0. The van der Waals surface area contributed by atoms with Crippen molar-refractivity contribution in [1.29, 1.82) is 0 Å². The predicted molar refractivity (Wildman–Crippen MR) is 113 cm³/mol. The Morgan fingerprint density at radius 3 is 1.22 bits per heavy atom. The quantitative estimate of drug-likeness (QED) is 0.102. The molecule has 0 nitrogen and oxygen atoms in total. The Bertz CT molecular complexity index is 238. The maximum Gasteiger partial charge on any atom is 0.168 e. The van der Waals surface area contributed by atoms with Gasteiger partial charge in [0.15, 0.2) is 7.38 Å². The van der Waals surface area contributed by atoms with Gasteiger partial charge in [-0.25, -0.2) is 0 Å². The lowest BCUT2D eigenvalue weighted by Gasteiger charge is -2.19. The number of alkyl halides is 1. The van der Waals surface area contributed by atoms with Gasteiger partial charge in [0.25, 0.3) is 0 Å². The lowest BCUT2D eigenvalue weighted by molar-refractivity contribution is 0.531. The molecule has 1 atom stereocenters. The molecule has 0 amide bonds. The van der Waals surface area contributed by atoms with E-state index in [1.165, 1.54) is 96.3 Å². The summed E-state index contributed by atoms with van der Waals surface area (Å²) < 4.78 is 0. The van der Waals surface area contributed by atoms with Gasteiger partial charge in [-0.15, -0.1) is 11.6 Å². The Balaban J connectivity index is 3.11. The molecule has 0 aliphatic heterocycles. The minimum Gasteiger partial charge on any atom is -0.166 e. The van der Waals surface area contributed by atoms with Crippen LogP contribution in [0.15, 0.2) is 0 Å². The summed E-state index contributed by atoms with van der Waals surface area (Å²) >= 11 is 12.7. The summed E-state index contributed by atoms with van der Waals surface area (Å²) in [5.74, 6) is 0. The summed E-state index contributed by atoms with van der Waals surface area (Å²) in [5.41, 5.74) is 0. The predicted octanol–water partition coefficient (Wildman–Crippen LogP) is 8.84. The van der Waals surface area contributed by atoms with Crippen molar-refractivity contribution >= 4 is 30.1 Å². The molecule has 0 aromatic carbocycles. The van der Waals surface area contributed by atoms with E-state index < -0.39 is 7.38 Å². The van der Waals surface area contributed by atoms with Gasteiger partial charge in [0.2, 0.25) is 0 Å². The van der Waals surface area contributed by atoms with Crippen molar-refractivity contribution in [2.45, 2.75) is 128 Å². The van der Waals surface area contributed by atoms with Crippen molar-refractivity contribution < 1.29 is 0 Å². The smallest absolute Gasteiger partial charge is 0.166 e. The Kier molecular flexibility index (Phi) is 16.8. The van der Waals surface area contributed by atoms with Gasteiger partial charge in [0.05, 0.1) is 0 Å². The summed E-state index contributed by atoms with van der Waals surface area (Å²) in [5, 5.41) is 0.242. The number of halogens is 2. The van der Waals surface area contributed by atoms with Crippen molar-refractivity contribution in [1.82, 2.24) is 0 Å². The number of hydrogen-bond acceptors (Lipinski definition) is 0. The lowest BCUT2D eigenvalue weighted by atomic mass is 10.0. The molecular formula is C20H42Cl2Si. The van der Waals surface area contributed by atoms with E-state index in [-0.39, 0.29) is 5.00 Å². The molecule has 1 unspecified atom stereocenters. The average Bonchev–Trinajstić information content (AvgIpc) is 2.50. The van der Waals surface area contributed by atoms with E-state index >= 15 is 0 Å². The highest BCUT2D eigenvalue weighted by molar-refractivity contribution is 7.22. The molecule has 0 spiro atoms. The van der Waals surface area contributed by atoms with E-state index in [1.807, 2.05) is 0 Å². The number of rotatable bonds is 17. The third kappa shape index (κ3) is 17.4. The molecule has 0 fully saturated rings. The first-order chi connectivity index (χ1) is 11.0. The minimum atomic E-state index is -1.63. The van der Waals surface area contributed by atoms with Gasteiger partial charge in [-0.3, -0.25) is 0 Å². The minimum absolute atomic E-state index is 0.242. The van der Waals surface area contributed by atoms with E-state index in [4.69, 9.17) is 22.7 Å². The van der Waals surface area contributed by atoms with E-state index in [1.54, 1.807) is 0 Å². The third-order valence-electron chi connectivity index (χ3n) is 4.81. The van der Waals surface area contributed by atoms with Gasteiger partial charge < -0.3 is 0 Å². The zero-order valence-corrected chi connectivity index (χ0v) is 18.7. The van der Waals surface area contributed by atoms with E-state index in [2.05, 4.69) is 20.0 Å². The molecule has 0 saturated heterocycles. The van der Waals surface area contributed by atoms with Crippen LogP contribution >= 0.6 is 22.7 Å². The summed E-state index contributed by atoms with van der Waals surface area (Å²) in [4.78, 5) is 0. The van der Waals surface area contributed by atoms with Gasteiger partial charge in [-0.1, -0.05) is 116 Å². The van der Waals surface area contributed by atoms with E-state index in [9.17, 15) is 0 Å². The summed E-state index contributed by atoms with van der Waals surface area (Å²) in [6.07, 6.45) is 22.3. The molecule has 140 valence electrons. The standard InChI is InChI=1S/C20H42Cl2Si/c1-4-5-6-7-8-9-10-11-12-13-14-15-16-17-18-19-20(21)23(2,3)22/h20H,4-19H2,1-3H3. The molecule has 0 heterocycles. The Morgan fingerprint density at radius 1 is 0.609 bits per heavy atom. The fourth-order valence-electron chi connectivity index (χ4n) is 3.04. The molecule has 0 aliphatic rings. The molecular weight excluding hydrogens is 339 g/mol. The van der Waals surface area contributed by atoms with Crippen molar-refractivity contribution in [3.8, 4) is 0 Å². The van der Waals surface area contributed by atoms with Crippen molar-refractivity contribution in [3.05, 3.63) is 0 Å². The van der Waals surface area contributed by atoms with Crippen molar-refractivity contribution in [3.63, 3.8) is 0 Å². The highest BCUT2D eigenvalue weighted by Gasteiger charge is 2.27. The van der Waals surface area contributed by atoms with Crippen LogP contribution in [0.25, 0.3) is 0 Å². The fourth-order valence-corrected chi connectivity index (χ4v) is 4.41. The second-order valence-corrected chi connectivity index (χ2v) is 15.4. The monoisotopic (exact) mass is 380 g/mol. The van der Waals surface area contributed by atoms with Gasteiger partial charge in [-0.2, -0.15) is 11.1 Å². The molecule has 0 radical (unpaired) electrons. The second kappa shape index (κ2) is 16.3. The van der Waals surface area contributed by atoms with Crippen molar-refractivity contribution in [2.24, 2.45) is 0 Å². The van der Waals surface area contributed by atoms with Crippen LogP contribution in [0.4, 0.5) is 0 Å². The maximum atomic E-state index is 6.36. The molecule has 0 saturated carbocycles. The lowest BCUT2D eigenvalue weighted by Crippen LogP contribution is -2.31. The maximum absolute atomic E-state index is 6.36. The molecule has 23 heavy (non-hydrogen) atoms. The fraction of sp³-hybridized carbons (Fsp3) is 1.00. The zero-order chi connectivity index (χ0) is 17.4. The first-order valence-corrected chi connectivity index (χ1v) is 14.8. The molecule has 0 bridgehead atoms. The zero-order valence-electron chi connectivity index (χ0n) is 16.1. The first-order valence-electron chi connectivity index (χ1n) is 10.3. The molecule has 0 aromatic rings. The van der Waals surface area contributed by atoms with Gasteiger partial charge >= 0.3 is 0 Å². The van der Waals surface area contributed by atoms with Gasteiger partial charge in [0.1, 0.15) is 0 Å². The highest BCUT2D eigenvalue weighted by atomic mass is 35.6. The van der Waals surface area contributed by atoms with Gasteiger partial charge in [-0.05, 0) is 6.42 Å². The van der Waals surface area contributed by atoms with Crippen LogP contribution in [0.2, 0.25) is 13.1 Å². The van der Waals surface area contributed by atoms with Crippen LogP contribution in [0, 0.1) is 0 Å². The molecule has 0 rings (SSSR count). The number of unbranched alkanes of at least 4 members (excludes halogenated alkanes) is 14. The van der Waals surface area contributed by atoms with Crippen LogP contribution in [0.3, 0.4) is 0 Å². The topological polar surface area (TPSA) is 0 Å². The van der Waals surface area contributed by atoms with Crippen LogP contribution in [0.5, 0.6) is 0 Å². The van der Waals surface area contributed by atoms with Crippen molar-refractivity contribution in [2.75, 3.05) is 0 Å².